The van der Waals surface area contributed by atoms with Crippen LogP contribution in [0.2, 0.25) is 0 Å². The predicted molar refractivity (Wildman–Crippen MR) is 86.8 cm³/mol. The van der Waals surface area contributed by atoms with Gasteiger partial charge in [0.2, 0.25) is 0 Å². The SMILES string of the molecule is Cc1ccc([C@@H](C)NC(=O)c2cc([N+](=O)[O-])cc([N+](=O)[O-])c2)cc1. The lowest BCUT2D eigenvalue weighted by Gasteiger charge is -2.14. The average molecular weight is 329 g/mol. The molecule has 2 aromatic carbocycles. The first-order valence-corrected chi connectivity index (χ1v) is 7.09. The van der Waals surface area contributed by atoms with E-state index in [2.05, 4.69) is 5.32 Å². The molecule has 0 aliphatic carbocycles. The highest BCUT2D eigenvalue weighted by Crippen LogP contribution is 2.23. The average Bonchev–Trinajstić information content (AvgIpc) is 2.54. The molecule has 0 unspecified atom stereocenters. The van der Waals surface area contributed by atoms with E-state index in [4.69, 9.17) is 0 Å². The number of nitro benzene ring substituents is 2. The zero-order valence-electron chi connectivity index (χ0n) is 13.1. The number of aryl methyl sites for hydroxylation is 1. The predicted octanol–water partition coefficient (Wildman–Crippen LogP) is 3.30. The summed E-state index contributed by atoms with van der Waals surface area (Å²) in [5.41, 5.74) is 0.796. The molecule has 1 N–H and O–H groups in total. The number of non-ortho nitro benzene ring substituents is 2. The van der Waals surface area contributed by atoms with E-state index < -0.39 is 27.1 Å². The van der Waals surface area contributed by atoms with Crippen LogP contribution in [0.4, 0.5) is 11.4 Å². The molecule has 2 aromatic rings. The minimum absolute atomic E-state index is 0.130. The van der Waals surface area contributed by atoms with Crippen molar-refractivity contribution in [3.63, 3.8) is 0 Å². The fourth-order valence-electron chi connectivity index (χ4n) is 2.16. The van der Waals surface area contributed by atoms with Gasteiger partial charge in [0.05, 0.1) is 27.5 Å². The Balaban J connectivity index is 2.27. The Morgan fingerprint density at radius 2 is 1.50 bits per heavy atom. The third-order valence-electron chi connectivity index (χ3n) is 3.51. The first-order valence-electron chi connectivity index (χ1n) is 7.09. The van der Waals surface area contributed by atoms with Crippen molar-refractivity contribution in [2.24, 2.45) is 0 Å². The second-order valence-electron chi connectivity index (χ2n) is 5.36. The molecule has 0 heterocycles. The Morgan fingerprint density at radius 1 is 1.00 bits per heavy atom. The second-order valence-corrected chi connectivity index (χ2v) is 5.36. The summed E-state index contributed by atoms with van der Waals surface area (Å²) in [5.74, 6) is -0.616. The zero-order chi connectivity index (χ0) is 17.9. The number of benzene rings is 2. The van der Waals surface area contributed by atoms with E-state index in [1.165, 1.54) is 0 Å². The normalized spacial score (nSPS) is 11.6. The standard InChI is InChI=1S/C16H15N3O5/c1-10-3-5-12(6-4-10)11(2)17-16(20)13-7-14(18(21)22)9-15(8-13)19(23)24/h3-9,11H,1-2H3,(H,17,20)/t11-/m1/s1. The molecule has 2 rings (SSSR count). The minimum Gasteiger partial charge on any atom is -0.346 e. The highest BCUT2D eigenvalue weighted by atomic mass is 16.6. The molecule has 0 fully saturated rings. The topological polar surface area (TPSA) is 115 Å². The minimum atomic E-state index is -0.771. The quantitative estimate of drug-likeness (QED) is 0.667. The van der Waals surface area contributed by atoms with E-state index in [9.17, 15) is 25.0 Å². The van der Waals surface area contributed by atoms with Gasteiger partial charge in [-0.2, -0.15) is 0 Å². The van der Waals surface area contributed by atoms with Crippen molar-refractivity contribution < 1.29 is 14.6 Å². The third kappa shape index (κ3) is 3.92. The van der Waals surface area contributed by atoms with Gasteiger partial charge in [-0.3, -0.25) is 25.0 Å². The maximum Gasteiger partial charge on any atom is 0.277 e. The van der Waals surface area contributed by atoms with Crippen LogP contribution in [0.5, 0.6) is 0 Å². The van der Waals surface area contributed by atoms with Gasteiger partial charge in [-0.25, -0.2) is 0 Å². The van der Waals surface area contributed by atoms with Gasteiger partial charge in [0.15, 0.2) is 0 Å². The molecule has 0 spiro atoms. The lowest BCUT2D eigenvalue weighted by Crippen LogP contribution is -2.26. The van der Waals surface area contributed by atoms with Crippen LogP contribution in [0.3, 0.4) is 0 Å². The molecule has 8 heteroatoms. The van der Waals surface area contributed by atoms with E-state index in [0.29, 0.717) is 0 Å². The van der Waals surface area contributed by atoms with Crippen molar-refractivity contribution in [3.05, 3.63) is 79.4 Å². The van der Waals surface area contributed by atoms with Gasteiger partial charge < -0.3 is 5.32 Å². The summed E-state index contributed by atoms with van der Waals surface area (Å²) < 4.78 is 0. The number of nitrogens with zero attached hydrogens (tertiary/aromatic N) is 2. The van der Waals surface area contributed by atoms with Crippen LogP contribution >= 0.6 is 0 Å². The number of rotatable bonds is 5. The zero-order valence-corrected chi connectivity index (χ0v) is 13.1. The number of hydrogen-bond acceptors (Lipinski definition) is 5. The smallest absolute Gasteiger partial charge is 0.277 e. The molecule has 0 saturated heterocycles. The largest absolute Gasteiger partial charge is 0.346 e. The number of nitro groups is 2. The van der Waals surface area contributed by atoms with E-state index in [-0.39, 0.29) is 11.6 Å². The van der Waals surface area contributed by atoms with Crippen molar-refractivity contribution in [1.29, 1.82) is 0 Å². The molecule has 0 aliphatic heterocycles. The number of carbonyl (C=O) groups excluding carboxylic acids is 1. The Labute approximate surface area is 137 Å². The van der Waals surface area contributed by atoms with Crippen LogP contribution in [0, 0.1) is 27.2 Å². The van der Waals surface area contributed by atoms with Crippen LogP contribution in [-0.4, -0.2) is 15.8 Å². The number of hydrogen-bond donors (Lipinski definition) is 1. The summed E-state index contributed by atoms with van der Waals surface area (Å²) in [7, 11) is 0. The Hall–Kier alpha value is -3.29. The van der Waals surface area contributed by atoms with Crippen molar-refractivity contribution in [2.45, 2.75) is 19.9 Å². The van der Waals surface area contributed by atoms with Gasteiger partial charge in [-0.15, -0.1) is 0 Å². The Bertz CT molecular complexity index is 770. The maximum atomic E-state index is 12.3. The number of amides is 1. The molecule has 0 radical (unpaired) electrons. The summed E-state index contributed by atoms with van der Waals surface area (Å²) >= 11 is 0. The van der Waals surface area contributed by atoms with Gasteiger partial charge in [0.25, 0.3) is 17.3 Å². The molecule has 124 valence electrons. The number of carbonyl (C=O) groups is 1. The first kappa shape index (κ1) is 17.1. The molecule has 24 heavy (non-hydrogen) atoms. The summed E-state index contributed by atoms with van der Waals surface area (Å²) in [6.07, 6.45) is 0. The molecule has 0 bridgehead atoms. The maximum absolute atomic E-state index is 12.3. The van der Waals surface area contributed by atoms with Crippen molar-refractivity contribution in [1.82, 2.24) is 5.32 Å². The highest BCUT2D eigenvalue weighted by Gasteiger charge is 2.21. The molecule has 0 saturated carbocycles. The highest BCUT2D eigenvalue weighted by molar-refractivity contribution is 5.95. The fourth-order valence-corrected chi connectivity index (χ4v) is 2.16. The fraction of sp³-hybridized carbons (Fsp3) is 0.188. The van der Waals surface area contributed by atoms with E-state index >= 15 is 0 Å². The van der Waals surface area contributed by atoms with Gasteiger partial charge in [-0.05, 0) is 19.4 Å². The van der Waals surface area contributed by atoms with Crippen molar-refractivity contribution in [3.8, 4) is 0 Å². The first-order chi connectivity index (χ1) is 11.3. The van der Waals surface area contributed by atoms with Gasteiger partial charge in [0.1, 0.15) is 0 Å². The monoisotopic (exact) mass is 329 g/mol. The summed E-state index contributed by atoms with van der Waals surface area (Å²) in [4.78, 5) is 32.5. The van der Waals surface area contributed by atoms with Crippen LogP contribution in [0.15, 0.2) is 42.5 Å². The summed E-state index contributed by atoms with van der Waals surface area (Å²) in [6, 6.07) is 10.0. The number of nitrogens with one attached hydrogen (secondary N) is 1. The molecule has 1 amide bonds. The van der Waals surface area contributed by atoms with Gasteiger partial charge in [0, 0.05) is 12.1 Å². The van der Waals surface area contributed by atoms with Gasteiger partial charge in [-0.1, -0.05) is 29.8 Å². The van der Waals surface area contributed by atoms with Crippen molar-refractivity contribution >= 4 is 17.3 Å². The van der Waals surface area contributed by atoms with Crippen molar-refractivity contribution in [2.75, 3.05) is 0 Å². The van der Waals surface area contributed by atoms with Crippen LogP contribution in [0.25, 0.3) is 0 Å². The van der Waals surface area contributed by atoms with Gasteiger partial charge >= 0.3 is 0 Å². The summed E-state index contributed by atoms with van der Waals surface area (Å²) in [6.45, 7) is 3.70. The van der Waals surface area contributed by atoms with E-state index in [1.54, 1.807) is 6.92 Å². The molecule has 1 atom stereocenters. The Kier molecular flexibility index (Phi) is 4.88. The molecule has 0 aliphatic rings. The molecular formula is C16H15N3O5. The lowest BCUT2D eigenvalue weighted by atomic mass is 10.1. The van der Waals surface area contributed by atoms with E-state index in [0.717, 1.165) is 29.3 Å². The van der Waals surface area contributed by atoms with Crippen LogP contribution < -0.4 is 5.32 Å². The molecule has 8 nitrogen and oxygen atoms in total. The lowest BCUT2D eigenvalue weighted by molar-refractivity contribution is -0.394. The second kappa shape index (κ2) is 6.86. The Morgan fingerprint density at radius 3 is 1.96 bits per heavy atom. The summed E-state index contributed by atoms with van der Waals surface area (Å²) in [5, 5.41) is 24.4. The third-order valence-corrected chi connectivity index (χ3v) is 3.51. The van der Waals surface area contributed by atoms with Crippen LogP contribution in [-0.2, 0) is 0 Å². The van der Waals surface area contributed by atoms with Crippen LogP contribution in [0.1, 0.15) is 34.5 Å². The molecule has 0 aromatic heterocycles. The van der Waals surface area contributed by atoms with E-state index in [1.807, 2.05) is 31.2 Å². The molecular weight excluding hydrogens is 314 g/mol.